The van der Waals surface area contributed by atoms with Crippen LogP contribution in [0.4, 0.5) is 5.69 Å². The first-order chi connectivity index (χ1) is 9.97. The largest absolute Gasteiger partial charge is 0.369 e. The SMILES string of the molecule is CCN(CC)C(=O)c1ccc(NC(=O)COC(C)C)cc1. The second kappa shape index (κ2) is 8.42. The third kappa shape index (κ3) is 5.55. The molecule has 0 aliphatic heterocycles. The summed E-state index contributed by atoms with van der Waals surface area (Å²) in [4.78, 5) is 25.5. The predicted molar refractivity (Wildman–Crippen MR) is 83.4 cm³/mol. The Labute approximate surface area is 126 Å². The van der Waals surface area contributed by atoms with Gasteiger partial charge in [0.2, 0.25) is 5.91 Å². The second-order valence-corrected chi connectivity index (χ2v) is 4.96. The Morgan fingerprint density at radius 1 is 1.14 bits per heavy atom. The van der Waals surface area contributed by atoms with Crippen LogP contribution in [0, 0.1) is 0 Å². The molecule has 0 radical (unpaired) electrons. The van der Waals surface area contributed by atoms with Crippen molar-refractivity contribution in [3.8, 4) is 0 Å². The number of benzene rings is 1. The lowest BCUT2D eigenvalue weighted by atomic mass is 10.2. The molecule has 0 saturated carbocycles. The van der Waals surface area contributed by atoms with E-state index in [0.29, 0.717) is 24.3 Å². The van der Waals surface area contributed by atoms with Crippen LogP contribution in [0.15, 0.2) is 24.3 Å². The predicted octanol–water partition coefficient (Wildman–Crippen LogP) is 2.53. The molecule has 5 heteroatoms. The standard InChI is InChI=1S/C16H24N2O3/c1-5-18(6-2)16(20)13-7-9-14(10-8-13)17-15(19)11-21-12(3)4/h7-10,12H,5-6,11H2,1-4H3,(H,17,19). The van der Waals surface area contributed by atoms with Gasteiger partial charge in [0.15, 0.2) is 0 Å². The van der Waals surface area contributed by atoms with E-state index in [1.165, 1.54) is 0 Å². The maximum atomic E-state index is 12.1. The van der Waals surface area contributed by atoms with Crippen LogP contribution in [0.1, 0.15) is 38.1 Å². The first-order valence-electron chi connectivity index (χ1n) is 7.28. The second-order valence-electron chi connectivity index (χ2n) is 4.96. The molecule has 0 aromatic heterocycles. The molecule has 1 N–H and O–H groups in total. The van der Waals surface area contributed by atoms with Crippen molar-refractivity contribution in [2.24, 2.45) is 0 Å². The molecule has 0 atom stereocenters. The minimum absolute atomic E-state index is 0.000942. The highest BCUT2D eigenvalue weighted by molar-refractivity contribution is 5.96. The highest BCUT2D eigenvalue weighted by Crippen LogP contribution is 2.11. The number of carbonyl (C=O) groups excluding carboxylic acids is 2. The Morgan fingerprint density at radius 3 is 2.19 bits per heavy atom. The Kier molecular flexibility index (Phi) is 6.88. The molecule has 21 heavy (non-hydrogen) atoms. The zero-order valence-electron chi connectivity index (χ0n) is 13.2. The van der Waals surface area contributed by atoms with E-state index in [2.05, 4.69) is 5.32 Å². The number of anilines is 1. The molecule has 0 bridgehead atoms. The summed E-state index contributed by atoms with van der Waals surface area (Å²) in [5.74, 6) is -0.201. The van der Waals surface area contributed by atoms with Crippen molar-refractivity contribution in [1.82, 2.24) is 4.90 Å². The molecule has 0 fully saturated rings. The fourth-order valence-corrected chi connectivity index (χ4v) is 1.83. The van der Waals surface area contributed by atoms with E-state index in [4.69, 9.17) is 4.74 Å². The first kappa shape index (κ1) is 17.2. The van der Waals surface area contributed by atoms with Crippen molar-refractivity contribution in [3.05, 3.63) is 29.8 Å². The summed E-state index contributed by atoms with van der Waals surface area (Å²) in [6, 6.07) is 6.90. The van der Waals surface area contributed by atoms with Gasteiger partial charge in [0.25, 0.3) is 5.91 Å². The molecular formula is C16H24N2O3. The molecule has 0 heterocycles. The summed E-state index contributed by atoms with van der Waals surface area (Å²) in [6.45, 7) is 9.04. The fraction of sp³-hybridized carbons (Fsp3) is 0.500. The Hall–Kier alpha value is -1.88. The Morgan fingerprint density at radius 2 is 1.71 bits per heavy atom. The third-order valence-corrected chi connectivity index (χ3v) is 3.01. The molecule has 0 unspecified atom stereocenters. The van der Waals surface area contributed by atoms with Crippen LogP contribution in [-0.2, 0) is 9.53 Å². The van der Waals surface area contributed by atoms with E-state index < -0.39 is 0 Å². The number of rotatable bonds is 7. The first-order valence-corrected chi connectivity index (χ1v) is 7.28. The molecule has 0 aliphatic rings. The Balaban J connectivity index is 2.61. The number of nitrogens with zero attached hydrogens (tertiary/aromatic N) is 1. The monoisotopic (exact) mass is 292 g/mol. The van der Waals surface area contributed by atoms with Crippen LogP contribution in [0.2, 0.25) is 0 Å². The Bertz CT molecular complexity index is 465. The summed E-state index contributed by atoms with van der Waals surface area (Å²) in [5.41, 5.74) is 1.28. The van der Waals surface area contributed by atoms with Gasteiger partial charge in [-0.05, 0) is 52.0 Å². The van der Waals surface area contributed by atoms with Crippen LogP contribution in [-0.4, -0.2) is 42.5 Å². The third-order valence-electron chi connectivity index (χ3n) is 3.01. The van der Waals surface area contributed by atoms with E-state index in [1.54, 1.807) is 29.2 Å². The number of carbonyl (C=O) groups is 2. The number of hydrogen-bond acceptors (Lipinski definition) is 3. The molecule has 116 valence electrons. The summed E-state index contributed by atoms with van der Waals surface area (Å²) in [7, 11) is 0. The van der Waals surface area contributed by atoms with E-state index >= 15 is 0 Å². The molecule has 1 aromatic rings. The smallest absolute Gasteiger partial charge is 0.253 e. The van der Waals surface area contributed by atoms with E-state index in [1.807, 2.05) is 27.7 Å². The summed E-state index contributed by atoms with van der Waals surface area (Å²) < 4.78 is 5.23. The van der Waals surface area contributed by atoms with E-state index in [0.717, 1.165) is 0 Å². The average Bonchev–Trinajstić information content (AvgIpc) is 2.47. The van der Waals surface area contributed by atoms with Crippen molar-refractivity contribution in [2.75, 3.05) is 25.0 Å². The topological polar surface area (TPSA) is 58.6 Å². The van der Waals surface area contributed by atoms with Crippen LogP contribution >= 0.6 is 0 Å². The van der Waals surface area contributed by atoms with Crippen LogP contribution in [0.25, 0.3) is 0 Å². The van der Waals surface area contributed by atoms with Gasteiger partial charge in [-0.3, -0.25) is 9.59 Å². The van der Waals surface area contributed by atoms with Gasteiger partial charge in [-0.25, -0.2) is 0 Å². The van der Waals surface area contributed by atoms with Crippen molar-refractivity contribution >= 4 is 17.5 Å². The molecule has 0 spiro atoms. The quantitative estimate of drug-likeness (QED) is 0.840. The van der Waals surface area contributed by atoms with Crippen molar-refractivity contribution in [3.63, 3.8) is 0 Å². The maximum absolute atomic E-state index is 12.1. The van der Waals surface area contributed by atoms with Crippen LogP contribution in [0.3, 0.4) is 0 Å². The summed E-state index contributed by atoms with van der Waals surface area (Å²) in [6.07, 6.45) is 0.0184. The van der Waals surface area contributed by atoms with E-state index in [9.17, 15) is 9.59 Å². The van der Waals surface area contributed by atoms with Gasteiger partial charge in [0.1, 0.15) is 6.61 Å². The number of ether oxygens (including phenoxy) is 1. The summed E-state index contributed by atoms with van der Waals surface area (Å²) >= 11 is 0. The van der Waals surface area contributed by atoms with Crippen molar-refractivity contribution < 1.29 is 14.3 Å². The van der Waals surface area contributed by atoms with Gasteiger partial charge >= 0.3 is 0 Å². The van der Waals surface area contributed by atoms with Gasteiger partial charge < -0.3 is 15.0 Å². The molecular weight excluding hydrogens is 268 g/mol. The summed E-state index contributed by atoms with van der Waals surface area (Å²) in [5, 5.41) is 2.73. The van der Waals surface area contributed by atoms with Gasteiger partial charge in [0.05, 0.1) is 6.10 Å². The normalized spacial score (nSPS) is 10.5. The molecule has 0 aliphatic carbocycles. The lowest BCUT2D eigenvalue weighted by Gasteiger charge is -2.18. The lowest BCUT2D eigenvalue weighted by molar-refractivity contribution is -0.121. The minimum atomic E-state index is -0.202. The number of nitrogens with one attached hydrogen (secondary N) is 1. The van der Waals surface area contributed by atoms with Crippen molar-refractivity contribution in [2.45, 2.75) is 33.8 Å². The molecule has 1 aromatic carbocycles. The number of amides is 2. The fourth-order valence-electron chi connectivity index (χ4n) is 1.83. The van der Waals surface area contributed by atoms with Gasteiger partial charge in [-0.2, -0.15) is 0 Å². The van der Waals surface area contributed by atoms with Crippen molar-refractivity contribution in [1.29, 1.82) is 0 Å². The van der Waals surface area contributed by atoms with Crippen LogP contribution < -0.4 is 5.32 Å². The maximum Gasteiger partial charge on any atom is 0.253 e. The molecule has 0 saturated heterocycles. The molecule has 1 rings (SSSR count). The lowest BCUT2D eigenvalue weighted by Crippen LogP contribution is -2.30. The molecule has 5 nitrogen and oxygen atoms in total. The zero-order valence-corrected chi connectivity index (χ0v) is 13.2. The molecule has 2 amide bonds. The zero-order chi connectivity index (χ0) is 15.8. The number of hydrogen-bond donors (Lipinski definition) is 1. The van der Waals surface area contributed by atoms with Gasteiger partial charge in [0, 0.05) is 24.3 Å². The average molecular weight is 292 g/mol. The highest BCUT2D eigenvalue weighted by Gasteiger charge is 2.12. The van der Waals surface area contributed by atoms with Crippen LogP contribution in [0.5, 0.6) is 0 Å². The minimum Gasteiger partial charge on any atom is -0.369 e. The van der Waals surface area contributed by atoms with Gasteiger partial charge in [-0.1, -0.05) is 0 Å². The van der Waals surface area contributed by atoms with E-state index in [-0.39, 0.29) is 24.5 Å². The van der Waals surface area contributed by atoms with Gasteiger partial charge in [-0.15, -0.1) is 0 Å². The highest BCUT2D eigenvalue weighted by atomic mass is 16.5.